The minimum atomic E-state index is -0.758. The SMILES string of the molecule is CCCNC(=O)[C@@H]1CN(C(=O)CCCn2cnc3c(C)cccc3c2=O)c2ccccc2O1. The van der Waals surface area contributed by atoms with Crippen molar-refractivity contribution in [3.05, 3.63) is 64.7 Å². The van der Waals surface area contributed by atoms with Crippen LogP contribution >= 0.6 is 0 Å². The van der Waals surface area contributed by atoms with Gasteiger partial charge in [0.25, 0.3) is 11.5 Å². The lowest BCUT2D eigenvalue weighted by molar-refractivity contribution is -0.128. The molecule has 2 heterocycles. The largest absolute Gasteiger partial charge is 0.477 e. The molecule has 0 fully saturated rings. The zero-order valence-electron chi connectivity index (χ0n) is 18.9. The third-order valence-electron chi connectivity index (χ3n) is 5.76. The van der Waals surface area contributed by atoms with E-state index in [-0.39, 0.29) is 30.3 Å². The molecule has 8 heteroatoms. The van der Waals surface area contributed by atoms with Crippen LogP contribution in [0.3, 0.4) is 0 Å². The van der Waals surface area contributed by atoms with Crippen LogP contribution < -0.4 is 20.5 Å². The summed E-state index contributed by atoms with van der Waals surface area (Å²) < 4.78 is 7.40. The van der Waals surface area contributed by atoms with E-state index in [0.29, 0.717) is 41.9 Å². The number of para-hydroxylation sites is 3. The van der Waals surface area contributed by atoms with E-state index in [1.54, 1.807) is 27.9 Å². The number of hydrogen-bond donors (Lipinski definition) is 1. The van der Waals surface area contributed by atoms with Crippen LogP contribution in [0.2, 0.25) is 0 Å². The zero-order valence-corrected chi connectivity index (χ0v) is 18.9. The number of hydrogen-bond acceptors (Lipinski definition) is 5. The molecule has 172 valence electrons. The molecule has 4 rings (SSSR count). The van der Waals surface area contributed by atoms with Crippen molar-refractivity contribution in [2.24, 2.45) is 0 Å². The molecule has 1 atom stereocenters. The Morgan fingerprint density at radius 2 is 2.00 bits per heavy atom. The number of rotatable bonds is 7. The van der Waals surface area contributed by atoms with E-state index in [2.05, 4.69) is 10.3 Å². The highest BCUT2D eigenvalue weighted by Crippen LogP contribution is 2.33. The third kappa shape index (κ3) is 4.74. The fourth-order valence-electron chi connectivity index (χ4n) is 4.00. The molecule has 1 aromatic heterocycles. The normalized spacial score (nSPS) is 15.1. The number of carbonyl (C=O) groups is 2. The summed E-state index contributed by atoms with van der Waals surface area (Å²) in [6, 6.07) is 12.8. The Balaban J connectivity index is 1.45. The fraction of sp³-hybridized carbons (Fsp3) is 0.360. The Hall–Kier alpha value is -3.68. The predicted octanol–water partition coefficient (Wildman–Crippen LogP) is 2.81. The molecule has 1 N–H and O–H groups in total. The van der Waals surface area contributed by atoms with E-state index in [0.717, 1.165) is 12.0 Å². The average Bonchev–Trinajstić information content (AvgIpc) is 2.83. The minimum absolute atomic E-state index is 0.111. The van der Waals surface area contributed by atoms with Crippen molar-refractivity contribution < 1.29 is 14.3 Å². The van der Waals surface area contributed by atoms with Gasteiger partial charge in [0.05, 0.1) is 29.5 Å². The number of amides is 2. The molecule has 1 aliphatic heterocycles. The van der Waals surface area contributed by atoms with Gasteiger partial charge in [-0.3, -0.25) is 19.0 Å². The molecule has 0 saturated carbocycles. The summed E-state index contributed by atoms with van der Waals surface area (Å²) in [6.45, 7) is 5.00. The van der Waals surface area contributed by atoms with Crippen LogP contribution in [0.15, 0.2) is 53.6 Å². The topological polar surface area (TPSA) is 93.5 Å². The van der Waals surface area contributed by atoms with Crippen molar-refractivity contribution in [1.29, 1.82) is 0 Å². The Kier molecular flexibility index (Phi) is 6.72. The maximum absolute atomic E-state index is 13.1. The van der Waals surface area contributed by atoms with Gasteiger partial charge in [0, 0.05) is 19.5 Å². The van der Waals surface area contributed by atoms with E-state index >= 15 is 0 Å². The quantitative estimate of drug-likeness (QED) is 0.600. The van der Waals surface area contributed by atoms with Gasteiger partial charge in [-0.2, -0.15) is 0 Å². The van der Waals surface area contributed by atoms with Crippen LogP contribution in [0.1, 0.15) is 31.7 Å². The lowest BCUT2D eigenvalue weighted by Crippen LogP contribution is -2.50. The predicted molar refractivity (Wildman–Crippen MR) is 126 cm³/mol. The summed E-state index contributed by atoms with van der Waals surface area (Å²) in [7, 11) is 0. The van der Waals surface area contributed by atoms with Crippen LogP contribution in [-0.4, -0.2) is 40.6 Å². The number of aryl methyl sites for hydroxylation is 2. The summed E-state index contributed by atoms with van der Waals surface area (Å²) in [5.74, 6) is 0.170. The van der Waals surface area contributed by atoms with Crippen molar-refractivity contribution in [3.63, 3.8) is 0 Å². The van der Waals surface area contributed by atoms with E-state index in [4.69, 9.17) is 4.74 Å². The molecule has 0 radical (unpaired) electrons. The molecule has 0 bridgehead atoms. The molecule has 0 aliphatic carbocycles. The number of benzene rings is 2. The van der Waals surface area contributed by atoms with Gasteiger partial charge in [-0.1, -0.05) is 31.2 Å². The van der Waals surface area contributed by atoms with Gasteiger partial charge in [-0.25, -0.2) is 4.98 Å². The maximum Gasteiger partial charge on any atom is 0.262 e. The highest BCUT2D eigenvalue weighted by molar-refractivity contribution is 5.97. The lowest BCUT2D eigenvalue weighted by Gasteiger charge is -2.34. The first kappa shape index (κ1) is 22.5. The summed E-state index contributed by atoms with van der Waals surface area (Å²) in [4.78, 5) is 44.4. The van der Waals surface area contributed by atoms with E-state index in [1.165, 1.54) is 0 Å². The van der Waals surface area contributed by atoms with Gasteiger partial charge >= 0.3 is 0 Å². The van der Waals surface area contributed by atoms with Gasteiger partial charge in [-0.15, -0.1) is 0 Å². The lowest BCUT2D eigenvalue weighted by atomic mass is 10.1. The second kappa shape index (κ2) is 9.85. The van der Waals surface area contributed by atoms with Crippen molar-refractivity contribution in [1.82, 2.24) is 14.9 Å². The average molecular weight is 449 g/mol. The number of fused-ring (bicyclic) bond motifs is 2. The number of aromatic nitrogens is 2. The van der Waals surface area contributed by atoms with E-state index < -0.39 is 6.10 Å². The van der Waals surface area contributed by atoms with Crippen LogP contribution in [0, 0.1) is 6.92 Å². The van der Waals surface area contributed by atoms with Crippen LogP contribution in [0.25, 0.3) is 10.9 Å². The van der Waals surface area contributed by atoms with Gasteiger partial charge < -0.3 is 15.0 Å². The molecular weight excluding hydrogens is 420 g/mol. The highest BCUT2D eigenvalue weighted by Gasteiger charge is 2.33. The smallest absolute Gasteiger partial charge is 0.262 e. The first-order valence-electron chi connectivity index (χ1n) is 11.3. The second-order valence-corrected chi connectivity index (χ2v) is 8.19. The van der Waals surface area contributed by atoms with Crippen molar-refractivity contribution in [2.45, 2.75) is 45.8 Å². The number of ether oxygens (including phenoxy) is 1. The van der Waals surface area contributed by atoms with Gasteiger partial charge in [0.2, 0.25) is 5.91 Å². The Morgan fingerprint density at radius 3 is 2.82 bits per heavy atom. The van der Waals surface area contributed by atoms with Crippen molar-refractivity contribution in [2.75, 3.05) is 18.0 Å². The summed E-state index contributed by atoms with van der Waals surface area (Å²) in [5, 5.41) is 3.41. The zero-order chi connectivity index (χ0) is 23.4. The van der Waals surface area contributed by atoms with Gasteiger partial charge in [0.1, 0.15) is 5.75 Å². The highest BCUT2D eigenvalue weighted by atomic mass is 16.5. The van der Waals surface area contributed by atoms with Crippen LogP contribution in [0.4, 0.5) is 5.69 Å². The molecule has 0 spiro atoms. The first-order valence-corrected chi connectivity index (χ1v) is 11.3. The molecule has 8 nitrogen and oxygen atoms in total. The number of anilines is 1. The summed E-state index contributed by atoms with van der Waals surface area (Å²) in [6.07, 6.45) is 2.31. The fourth-order valence-corrected chi connectivity index (χ4v) is 4.00. The molecular formula is C25H28N4O4. The second-order valence-electron chi connectivity index (χ2n) is 8.19. The summed E-state index contributed by atoms with van der Waals surface area (Å²) >= 11 is 0. The molecule has 0 saturated heterocycles. The molecule has 2 aromatic carbocycles. The standard InChI is InChI=1S/C25H28N4O4/c1-3-13-26-24(31)21-15-29(19-10-4-5-11-20(19)33-21)22(30)12-7-14-28-16-27-23-17(2)8-6-9-18(23)25(28)32/h4-6,8-11,16,21H,3,7,12-15H2,1-2H3,(H,26,31)/t21-/m0/s1. The molecule has 2 amide bonds. The third-order valence-corrected chi connectivity index (χ3v) is 5.76. The monoisotopic (exact) mass is 448 g/mol. The Morgan fingerprint density at radius 1 is 1.18 bits per heavy atom. The molecule has 3 aromatic rings. The van der Waals surface area contributed by atoms with Crippen molar-refractivity contribution >= 4 is 28.4 Å². The number of nitrogens with zero attached hydrogens (tertiary/aromatic N) is 3. The molecule has 33 heavy (non-hydrogen) atoms. The van der Waals surface area contributed by atoms with Crippen molar-refractivity contribution in [3.8, 4) is 5.75 Å². The number of carbonyl (C=O) groups excluding carboxylic acids is 2. The molecule has 1 aliphatic rings. The summed E-state index contributed by atoms with van der Waals surface area (Å²) in [5.41, 5.74) is 2.20. The Bertz CT molecular complexity index is 1240. The van der Waals surface area contributed by atoms with Gasteiger partial charge in [0.15, 0.2) is 6.10 Å². The maximum atomic E-state index is 13.1. The minimum Gasteiger partial charge on any atom is -0.477 e. The molecule has 0 unspecified atom stereocenters. The van der Waals surface area contributed by atoms with Crippen LogP contribution in [-0.2, 0) is 16.1 Å². The van der Waals surface area contributed by atoms with Crippen LogP contribution in [0.5, 0.6) is 5.75 Å². The number of nitrogens with one attached hydrogen (secondary N) is 1. The van der Waals surface area contributed by atoms with E-state index in [1.807, 2.05) is 44.2 Å². The van der Waals surface area contributed by atoms with E-state index in [9.17, 15) is 14.4 Å². The van der Waals surface area contributed by atoms with Gasteiger partial charge in [-0.05, 0) is 43.5 Å². The first-order chi connectivity index (χ1) is 16.0. The Labute approximate surface area is 192 Å².